The second-order valence-electron chi connectivity index (χ2n) is 10.9. The van der Waals surface area contributed by atoms with Crippen LogP contribution in [0.25, 0.3) is 77.9 Å². The molecular weight excluding hydrogens is 538 g/mol. The minimum Gasteiger partial charge on any atom is -0.317 e. The zero-order chi connectivity index (χ0) is 29.0. The molecule has 0 aliphatic rings. The monoisotopic (exact) mass is 563 g/mol. The summed E-state index contributed by atoms with van der Waals surface area (Å²) < 4.78 is 4.46. The Kier molecular flexibility index (Phi) is 5.43. The van der Waals surface area contributed by atoms with Gasteiger partial charge in [0.2, 0.25) is 5.95 Å². The first-order valence-electron chi connectivity index (χ1n) is 14.7. The average molecular weight is 564 g/mol. The standard InChI is InChI=1S/C39H25N5/c1-4-12-26(13-5-1)37-40-38(27-14-6-2-7-15-27)42-39(41-37)44-35-19-11-10-18-30(35)33-21-20-29-31-24-25-43(28-16-8-3-9-17-28)34(31)23-22-32(29)36(33)44/h1-25H. The molecule has 0 N–H and O–H groups in total. The zero-order valence-corrected chi connectivity index (χ0v) is 23.7. The molecule has 5 nitrogen and oxygen atoms in total. The Morgan fingerprint density at radius 3 is 1.64 bits per heavy atom. The molecule has 0 atom stereocenters. The van der Waals surface area contributed by atoms with Crippen LogP contribution in [0.15, 0.2) is 152 Å². The number of fused-ring (bicyclic) bond motifs is 7. The summed E-state index contributed by atoms with van der Waals surface area (Å²) >= 11 is 0. The highest BCUT2D eigenvalue weighted by Crippen LogP contribution is 2.39. The lowest BCUT2D eigenvalue weighted by Gasteiger charge is -2.12. The summed E-state index contributed by atoms with van der Waals surface area (Å²) in [6.07, 6.45) is 2.16. The van der Waals surface area contributed by atoms with Gasteiger partial charge in [-0.3, -0.25) is 4.57 Å². The molecule has 0 radical (unpaired) electrons. The molecule has 0 saturated carbocycles. The van der Waals surface area contributed by atoms with E-state index in [9.17, 15) is 0 Å². The molecule has 9 rings (SSSR count). The fraction of sp³-hybridized carbons (Fsp3) is 0. The van der Waals surface area contributed by atoms with Crippen molar-refractivity contribution < 1.29 is 0 Å². The number of hydrogen-bond acceptors (Lipinski definition) is 3. The SMILES string of the molecule is c1ccc(-c2nc(-c3ccccc3)nc(-n3c4ccccc4c4ccc5c6ccn(-c7ccccc7)c6ccc5c43)n2)cc1. The first kappa shape index (κ1) is 24.5. The van der Waals surface area contributed by atoms with E-state index in [0.29, 0.717) is 17.6 Å². The maximum atomic E-state index is 5.12. The highest BCUT2D eigenvalue weighted by molar-refractivity contribution is 6.22. The molecule has 0 spiro atoms. The van der Waals surface area contributed by atoms with Crippen molar-refractivity contribution in [3.8, 4) is 34.4 Å². The van der Waals surface area contributed by atoms with Crippen LogP contribution in [0.4, 0.5) is 0 Å². The fourth-order valence-electron chi connectivity index (χ4n) is 6.41. The van der Waals surface area contributed by atoms with E-state index < -0.39 is 0 Å². The lowest BCUT2D eigenvalue weighted by Crippen LogP contribution is -2.06. The van der Waals surface area contributed by atoms with Crippen molar-refractivity contribution in [2.75, 3.05) is 0 Å². The van der Waals surface area contributed by atoms with Gasteiger partial charge in [0.05, 0.1) is 16.6 Å². The van der Waals surface area contributed by atoms with Crippen LogP contribution in [-0.4, -0.2) is 24.1 Å². The molecular formula is C39H25N5. The molecule has 0 aliphatic heterocycles. The van der Waals surface area contributed by atoms with Crippen molar-refractivity contribution in [3.05, 3.63) is 152 Å². The van der Waals surface area contributed by atoms with Gasteiger partial charge in [-0.15, -0.1) is 0 Å². The van der Waals surface area contributed by atoms with Crippen LogP contribution >= 0.6 is 0 Å². The van der Waals surface area contributed by atoms with E-state index >= 15 is 0 Å². The number of aromatic nitrogens is 5. The Hall–Kier alpha value is -6.07. The third kappa shape index (κ3) is 3.76. The molecule has 0 saturated heterocycles. The molecule has 9 aromatic rings. The summed E-state index contributed by atoms with van der Waals surface area (Å²) in [6.45, 7) is 0. The molecule has 3 heterocycles. The van der Waals surface area contributed by atoms with Crippen LogP contribution in [0.3, 0.4) is 0 Å². The number of benzene rings is 6. The van der Waals surface area contributed by atoms with Crippen molar-refractivity contribution in [1.82, 2.24) is 24.1 Å². The normalized spacial score (nSPS) is 11.6. The van der Waals surface area contributed by atoms with Gasteiger partial charge in [-0.05, 0) is 35.7 Å². The summed E-state index contributed by atoms with van der Waals surface area (Å²) in [5, 5.41) is 5.87. The molecule has 0 fully saturated rings. The van der Waals surface area contributed by atoms with E-state index in [1.54, 1.807) is 0 Å². The van der Waals surface area contributed by atoms with E-state index in [1.165, 1.54) is 16.3 Å². The second kappa shape index (κ2) is 9.75. The summed E-state index contributed by atoms with van der Waals surface area (Å²) in [5.74, 6) is 1.88. The van der Waals surface area contributed by atoms with Crippen LogP contribution in [0.1, 0.15) is 0 Å². The quantitative estimate of drug-likeness (QED) is 0.214. The summed E-state index contributed by atoms with van der Waals surface area (Å²) in [4.78, 5) is 15.2. The van der Waals surface area contributed by atoms with Gasteiger partial charge in [0, 0.05) is 44.6 Å². The Morgan fingerprint density at radius 2 is 0.932 bits per heavy atom. The molecule has 0 bridgehead atoms. The van der Waals surface area contributed by atoms with E-state index in [4.69, 9.17) is 15.0 Å². The third-order valence-electron chi connectivity index (χ3n) is 8.42. The van der Waals surface area contributed by atoms with Gasteiger partial charge in [-0.25, -0.2) is 4.98 Å². The zero-order valence-electron chi connectivity index (χ0n) is 23.7. The predicted molar refractivity (Wildman–Crippen MR) is 179 cm³/mol. The maximum Gasteiger partial charge on any atom is 0.238 e. The maximum absolute atomic E-state index is 5.12. The van der Waals surface area contributed by atoms with Gasteiger partial charge in [0.1, 0.15) is 0 Å². The van der Waals surface area contributed by atoms with Gasteiger partial charge in [-0.2, -0.15) is 9.97 Å². The first-order valence-corrected chi connectivity index (χ1v) is 14.7. The molecule has 6 aromatic carbocycles. The van der Waals surface area contributed by atoms with Gasteiger partial charge in [0.25, 0.3) is 0 Å². The second-order valence-corrected chi connectivity index (χ2v) is 10.9. The Balaban J connectivity index is 1.37. The van der Waals surface area contributed by atoms with Crippen molar-refractivity contribution in [2.24, 2.45) is 0 Å². The Bertz CT molecular complexity index is 2420. The minimum atomic E-state index is 0.596. The predicted octanol–water partition coefficient (Wildman–Crippen LogP) is 9.40. The molecule has 44 heavy (non-hydrogen) atoms. The molecule has 0 unspecified atom stereocenters. The van der Waals surface area contributed by atoms with Gasteiger partial charge in [-0.1, -0.05) is 115 Å². The topological polar surface area (TPSA) is 48.5 Å². The van der Waals surface area contributed by atoms with E-state index in [-0.39, 0.29) is 0 Å². The fourth-order valence-corrected chi connectivity index (χ4v) is 6.41. The molecule has 0 amide bonds. The molecule has 0 aliphatic carbocycles. The number of hydrogen-bond donors (Lipinski definition) is 0. The van der Waals surface area contributed by atoms with Gasteiger partial charge >= 0.3 is 0 Å². The van der Waals surface area contributed by atoms with Crippen molar-refractivity contribution in [3.63, 3.8) is 0 Å². The molecule has 206 valence electrons. The van der Waals surface area contributed by atoms with Crippen molar-refractivity contribution >= 4 is 43.5 Å². The number of rotatable bonds is 4. The van der Waals surface area contributed by atoms with E-state index in [1.807, 2.05) is 66.7 Å². The average Bonchev–Trinajstić information content (AvgIpc) is 3.69. The van der Waals surface area contributed by atoms with Gasteiger partial charge in [0.15, 0.2) is 11.6 Å². The van der Waals surface area contributed by atoms with E-state index in [0.717, 1.165) is 44.0 Å². The van der Waals surface area contributed by atoms with E-state index in [2.05, 4.69) is 94.2 Å². The number of para-hydroxylation sites is 2. The van der Waals surface area contributed by atoms with Crippen LogP contribution in [0, 0.1) is 0 Å². The lowest BCUT2D eigenvalue weighted by molar-refractivity contribution is 0.955. The van der Waals surface area contributed by atoms with Crippen molar-refractivity contribution in [1.29, 1.82) is 0 Å². The minimum absolute atomic E-state index is 0.596. The van der Waals surface area contributed by atoms with Crippen LogP contribution in [-0.2, 0) is 0 Å². The van der Waals surface area contributed by atoms with Crippen molar-refractivity contribution in [2.45, 2.75) is 0 Å². The smallest absolute Gasteiger partial charge is 0.238 e. The summed E-state index contributed by atoms with van der Waals surface area (Å²) in [7, 11) is 0. The lowest BCUT2D eigenvalue weighted by atomic mass is 10.0. The number of nitrogens with zero attached hydrogens (tertiary/aromatic N) is 5. The van der Waals surface area contributed by atoms with Crippen LogP contribution in [0.5, 0.6) is 0 Å². The summed E-state index contributed by atoms with van der Waals surface area (Å²) in [6, 6.07) is 50.4. The summed E-state index contributed by atoms with van der Waals surface area (Å²) in [5.41, 5.74) is 6.35. The Morgan fingerprint density at radius 1 is 0.386 bits per heavy atom. The van der Waals surface area contributed by atoms with Crippen LogP contribution < -0.4 is 0 Å². The largest absolute Gasteiger partial charge is 0.317 e. The highest BCUT2D eigenvalue weighted by Gasteiger charge is 2.20. The van der Waals surface area contributed by atoms with Gasteiger partial charge < -0.3 is 4.57 Å². The molecule has 5 heteroatoms. The highest BCUT2D eigenvalue weighted by atomic mass is 15.2. The molecule has 3 aromatic heterocycles. The van der Waals surface area contributed by atoms with Crippen LogP contribution in [0.2, 0.25) is 0 Å². The Labute approximate surface area is 253 Å². The first-order chi connectivity index (χ1) is 21.8. The third-order valence-corrected chi connectivity index (χ3v) is 8.42.